The molecule has 0 saturated carbocycles. The molecule has 0 atom stereocenters. The van der Waals surface area contributed by atoms with Crippen LogP contribution in [0.25, 0.3) is 0 Å². The van der Waals surface area contributed by atoms with Crippen LogP contribution in [0.15, 0.2) is 42.5 Å². The smallest absolute Gasteiger partial charge is 0.269 e. The van der Waals surface area contributed by atoms with Crippen LogP contribution in [-0.4, -0.2) is 26.0 Å². The molecule has 25 heavy (non-hydrogen) atoms. The summed E-state index contributed by atoms with van der Waals surface area (Å²) in [4.78, 5) is 23.7. The molecule has 0 radical (unpaired) electrons. The Balaban J connectivity index is 1.82. The Bertz CT molecular complexity index is 747. The fourth-order valence-electron chi connectivity index (χ4n) is 2.16. The maximum absolute atomic E-state index is 12.8. The van der Waals surface area contributed by atoms with Gasteiger partial charge >= 0.3 is 0 Å². The number of methoxy groups -OCH3 is 2. The zero-order valence-corrected chi connectivity index (χ0v) is 14.0. The molecule has 2 aromatic rings. The maximum Gasteiger partial charge on any atom is 0.269 e. The minimum absolute atomic E-state index is 0.180. The van der Waals surface area contributed by atoms with Gasteiger partial charge in [-0.15, -0.1) is 0 Å². The third-order valence-corrected chi connectivity index (χ3v) is 3.51. The first-order valence-electron chi connectivity index (χ1n) is 7.59. The van der Waals surface area contributed by atoms with Crippen LogP contribution in [0.2, 0.25) is 0 Å². The van der Waals surface area contributed by atoms with E-state index in [1.165, 1.54) is 24.3 Å². The van der Waals surface area contributed by atoms with Gasteiger partial charge in [-0.05, 0) is 48.4 Å². The average molecular weight is 346 g/mol. The Morgan fingerprint density at radius 3 is 2.28 bits per heavy atom. The SMILES string of the molecule is COc1ccc(CCC(=O)NNC(=O)c2ccc(F)cc2)cc1OC. The summed E-state index contributed by atoms with van der Waals surface area (Å²) >= 11 is 0. The van der Waals surface area contributed by atoms with Gasteiger partial charge in [-0.1, -0.05) is 6.07 Å². The number of aryl methyl sites for hydroxylation is 1. The Morgan fingerprint density at radius 1 is 0.960 bits per heavy atom. The van der Waals surface area contributed by atoms with Gasteiger partial charge in [-0.25, -0.2) is 4.39 Å². The van der Waals surface area contributed by atoms with Crippen molar-refractivity contribution in [2.24, 2.45) is 0 Å². The highest BCUT2D eigenvalue weighted by Crippen LogP contribution is 2.27. The minimum atomic E-state index is -0.514. The summed E-state index contributed by atoms with van der Waals surface area (Å²) in [5, 5.41) is 0. The Labute approximate surface area is 144 Å². The van der Waals surface area contributed by atoms with Gasteiger partial charge in [-0.3, -0.25) is 20.4 Å². The molecule has 0 aliphatic carbocycles. The second kappa shape index (κ2) is 8.68. The zero-order valence-electron chi connectivity index (χ0n) is 14.0. The number of ether oxygens (including phenoxy) is 2. The van der Waals surface area contributed by atoms with Crippen molar-refractivity contribution in [1.29, 1.82) is 0 Å². The Kier molecular flexibility index (Phi) is 6.33. The summed E-state index contributed by atoms with van der Waals surface area (Å²) in [5.74, 6) is -0.0903. The molecule has 0 spiro atoms. The van der Waals surface area contributed by atoms with E-state index in [4.69, 9.17) is 9.47 Å². The van der Waals surface area contributed by atoms with Crippen molar-refractivity contribution >= 4 is 11.8 Å². The third kappa shape index (κ3) is 5.20. The van der Waals surface area contributed by atoms with E-state index >= 15 is 0 Å². The lowest BCUT2D eigenvalue weighted by molar-refractivity contribution is -0.121. The van der Waals surface area contributed by atoms with Crippen molar-refractivity contribution in [2.75, 3.05) is 14.2 Å². The fourth-order valence-corrected chi connectivity index (χ4v) is 2.16. The molecule has 0 aliphatic rings. The number of rotatable bonds is 6. The molecule has 0 heterocycles. The lowest BCUT2D eigenvalue weighted by Gasteiger charge is -2.10. The first kappa shape index (κ1) is 18.3. The number of hydrazine groups is 1. The number of benzene rings is 2. The van der Waals surface area contributed by atoms with Gasteiger partial charge in [-0.2, -0.15) is 0 Å². The molecule has 0 saturated heterocycles. The highest BCUT2D eigenvalue weighted by atomic mass is 19.1. The average Bonchev–Trinajstić information content (AvgIpc) is 2.64. The van der Waals surface area contributed by atoms with Gasteiger partial charge in [0.1, 0.15) is 5.82 Å². The summed E-state index contributed by atoms with van der Waals surface area (Å²) in [5.41, 5.74) is 5.77. The second-order valence-corrected chi connectivity index (χ2v) is 5.20. The van der Waals surface area contributed by atoms with Gasteiger partial charge in [0.05, 0.1) is 14.2 Å². The van der Waals surface area contributed by atoms with E-state index in [2.05, 4.69) is 10.9 Å². The lowest BCUT2D eigenvalue weighted by Crippen LogP contribution is -2.41. The number of halogens is 1. The molecule has 2 N–H and O–H groups in total. The van der Waals surface area contributed by atoms with E-state index in [-0.39, 0.29) is 17.9 Å². The molecule has 2 aromatic carbocycles. The number of hydrogen-bond donors (Lipinski definition) is 2. The van der Waals surface area contributed by atoms with E-state index in [1.54, 1.807) is 26.4 Å². The number of hydrogen-bond acceptors (Lipinski definition) is 4. The van der Waals surface area contributed by atoms with Crippen molar-refractivity contribution in [3.63, 3.8) is 0 Å². The molecule has 0 fully saturated rings. The van der Waals surface area contributed by atoms with Crippen molar-refractivity contribution < 1.29 is 23.5 Å². The summed E-state index contributed by atoms with van der Waals surface area (Å²) in [6, 6.07) is 10.4. The van der Waals surface area contributed by atoms with E-state index in [0.29, 0.717) is 17.9 Å². The molecule has 2 amide bonds. The lowest BCUT2D eigenvalue weighted by atomic mass is 10.1. The van der Waals surface area contributed by atoms with Gasteiger partial charge in [0.15, 0.2) is 11.5 Å². The van der Waals surface area contributed by atoms with Crippen molar-refractivity contribution in [1.82, 2.24) is 10.9 Å². The predicted octanol–water partition coefficient (Wildman–Crippen LogP) is 2.24. The topological polar surface area (TPSA) is 76.7 Å². The monoisotopic (exact) mass is 346 g/mol. The molecule has 0 aromatic heterocycles. The third-order valence-electron chi connectivity index (χ3n) is 3.51. The first-order chi connectivity index (χ1) is 12.0. The molecule has 0 unspecified atom stereocenters. The zero-order chi connectivity index (χ0) is 18.2. The van der Waals surface area contributed by atoms with E-state index in [9.17, 15) is 14.0 Å². The molecular weight excluding hydrogens is 327 g/mol. The Morgan fingerprint density at radius 2 is 1.64 bits per heavy atom. The molecule has 6 nitrogen and oxygen atoms in total. The second-order valence-electron chi connectivity index (χ2n) is 5.20. The number of carbonyl (C=O) groups excluding carboxylic acids is 2. The number of nitrogens with one attached hydrogen (secondary N) is 2. The minimum Gasteiger partial charge on any atom is -0.493 e. The van der Waals surface area contributed by atoms with E-state index in [1.807, 2.05) is 6.07 Å². The quantitative estimate of drug-likeness (QED) is 0.787. The highest BCUT2D eigenvalue weighted by Gasteiger charge is 2.09. The predicted molar refractivity (Wildman–Crippen MR) is 89.9 cm³/mol. The molecule has 2 rings (SSSR count). The van der Waals surface area contributed by atoms with E-state index < -0.39 is 11.7 Å². The molecular formula is C18H19FN2O4. The standard InChI is InChI=1S/C18H19FN2O4/c1-24-15-9-3-12(11-16(15)25-2)4-10-17(22)20-21-18(23)13-5-7-14(19)8-6-13/h3,5-9,11H,4,10H2,1-2H3,(H,20,22)(H,21,23). The van der Waals surface area contributed by atoms with E-state index in [0.717, 1.165) is 5.56 Å². The van der Waals surface area contributed by atoms with Crippen molar-refractivity contribution in [3.05, 3.63) is 59.4 Å². The molecule has 132 valence electrons. The van der Waals surface area contributed by atoms with Crippen LogP contribution in [0.5, 0.6) is 11.5 Å². The first-order valence-corrected chi connectivity index (χ1v) is 7.59. The molecule has 0 bridgehead atoms. The van der Waals surface area contributed by atoms with Gasteiger partial charge in [0.25, 0.3) is 5.91 Å². The van der Waals surface area contributed by atoms with Crippen molar-refractivity contribution in [2.45, 2.75) is 12.8 Å². The normalized spacial score (nSPS) is 10.0. The van der Waals surface area contributed by atoms with Crippen LogP contribution in [0.1, 0.15) is 22.3 Å². The molecule has 7 heteroatoms. The van der Waals surface area contributed by atoms with Crippen LogP contribution >= 0.6 is 0 Å². The number of carbonyl (C=O) groups is 2. The summed E-state index contributed by atoms with van der Waals surface area (Å²) in [6.07, 6.45) is 0.651. The van der Waals surface area contributed by atoms with Crippen LogP contribution < -0.4 is 20.3 Å². The van der Waals surface area contributed by atoms with Gasteiger partial charge in [0, 0.05) is 12.0 Å². The van der Waals surface area contributed by atoms with Crippen LogP contribution in [0, 0.1) is 5.82 Å². The fraction of sp³-hybridized carbons (Fsp3) is 0.222. The number of amides is 2. The van der Waals surface area contributed by atoms with Crippen molar-refractivity contribution in [3.8, 4) is 11.5 Å². The summed E-state index contributed by atoms with van der Waals surface area (Å²) in [6.45, 7) is 0. The summed E-state index contributed by atoms with van der Waals surface area (Å²) in [7, 11) is 3.09. The van der Waals surface area contributed by atoms with Gasteiger partial charge < -0.3 is 9.47 Å². The van der Waals surface area contributed by atoms with Crippen LogP contribution in [0.3, 0.4) is 0 Å². The summed E-state index contributed by atoms with van der Waals surface area (Å²) < 4.78 is 23.2. The highest BCUT2D eigenvalue weighted by molar-refractivity contribution is 5.95. The Hall–Kier alpha value is -3.09. The van der Waals surface area contributed by atoms with Crippen LogP contribution in [0.4, 0.5) is 4.39 Å². The van der Waals surface area contributed by atoms with Crippen LogP contribution in [-0.2, 0) is 11.2 Å². The maximum atomic E-state index is 12.8. The van der Waals surface area contributed by atoms with Gasteiger partial charge in [0.2, 0.25) is 5.91 Å². The largest absolute Gasteiger partial charge is 0.493 e. The molecule has 0 aliphatic heterocycles.